The van der Waals surface area contributed by atoms with Crippen molar-refractivity contribution >= 4 is 18.1 Å². The van der Waals surface area contributed by atoms with Crippen molar-refractivity contribution in [3.05, 3.63) is 30.1 Å². The molecule has 0 radical (unpaired) electrons. The molecule has 5 nitrogen and oxygen atoms in total. The van der Waals surface area contributed by atoms with Gasteiger partial charge in [-0.3, -0.25) is 0 Å². The molecule has 1 heterocycles. The smallest absolute Gasteiger partial charge is 0.257 e. The van der Waals surface area contributed by atoms with Gasteiger partial charge in [0.25, 0.3) is 5.89 Å². The number of anilines is 1. The van der Waals surface area contributed by atoms with Gasteiger partial charge in [-0.2, -0.15) is 4.98 Å². The molecule has 0 amide bonds. The highest BCUT2D eigenvalue weighted by Gasteiger charge is 2.39. The third kappa shape index (κ3) is 3.67. The van der Waals surface area contributed by atoms with E-state index >= 15 is 0 Å². The van der Waals surface area contributed by atoms with Crippen molar-refractivity contribution in [1.29, 1.82) is 0 Å². The Hall–Kier alpha value is -1.59. The summed E-state index contributed by atoms with van der Waals surface area (Å²) in [6.45, 7) is 5.46. The van der Waals surface area contributed by atoms with E-state index in [4.69, 9.17) is 10.3 Å². The predicted molar refractivity (Wildman–Crippen MR) is 94.8 cm³/mol. The van der Waals surface area contributed by atoms with Crippen molar-refractivity contribution in [2.75, 3.05) is 18.5 Å². The molecule has 3 rings (SSSR count). The van der Waals surface area contributed by atoms with Gasteiger partial charge >= 0.3 is 0 Å². The van der Waals surface area contributed by atoms with E-state index in [2.05, 4.69) is 48.1 Å². The number of hydrogen-bond acceptors (Lipinski definition) is 5. The highest BCUT2D eigenvalue weighted by Crippen LogP contribution is 2.37. The van der Waals surface area contributed by atoms with Gasteiger partial charge in [0.05, 0.1) is 5.54 Å². The van der Waals surface area contributed by atoms with Crippen molar-refractivity contribution in [2.45, 2.75) is 38.6 Å². The molecule has 126 valence electrons. The molecule has 0 bridgehead atoms. The van der Waals surface area contributed by atoms with Crippen LogP contribution in [0.25, 0.3) is 11.5 Å². The lowest BCUT2D eigenvalue weighted by molar-refractivity contribution is 0.229. The average Bonchev–Trinajstić information content (AvgIpc) is 2.94. The lowest BCUT2D eigenvalue weighted by atomic mass is 9.77. The lowest BCUT2D eigenvalue weighted by Crippen LogP contribution is -2.44. The van der Waals surface area contributed by atoms with Gasteiger partial charge in [-0.1, -0.05) is 19.0 Å². The largest absolute Gasteiger partial charge is 0.374 e. The zero-order valence-corrected chi connectivity index (χ0v) is 14.8. The van der Waals surface area contributed by atoms with Crippen LogP contribution in [0.4, 0.5) is 5.69 Å². The summed E-state index contributed by atoms with van der Waals surface area (Å²) in [4.78, 5) is 6.73. The molecule has 2 N–H and O–H groups in total. The summed E-state index contributed by atoms with van der Waals surface area (Å²) in [6, 6.07) is 8.22. The minimum atomic E-state index is -0.376. The third-order valence-corrected chi connectivity index (χ3v) is 4.31. The van der Waals surface area contributed by atoms with Gasteiger partial charge in [0.15, 0.2) is 5.82 Å². The van der Waals surface area contributed by atoms with Crippen LogP contribution < -0.4 is 10.6 Å². The molecular weight excluding hydrogens is 312 g/mol. The molecule has 0 spiro atoms. The Labute approximate surface area is 143 Å². The molecule has 23 heavy (non-hydrogen) atoms. The number of benzene rings is 1. The quantitative estimate of drug-likeness (QED) is 0.903. The highest BCUT2D eigenvalue weighted by molar-refractivity contribution is 5.85. The second-order valence-electron chi connectivity index (χ2n) is 6.75. The molecule has 1 aromatic heterocycles. The zero-order chi connectivity index (χ0) is 15.7. The molecule has 1 saturated carbocycles. The van der Waals surface area contributed by atoms with Crippen LogP contribution in [-0.2, 0) is 5.54 Å². The monoisotopic (exact) mass is 336 g/mol. The van der Waals surface area contributed by atoms with Gasteiger partial charge in [-0.05, 0) is 49.4 Å². The molecule has 1 aliphatic rings. The van der Waals surface area contributed by atoms with E-state index in [1.807, 2.05) is 12.1 Å². The number of hydrogen-bond donors (Lipinski definition) is 1. The fourth-order valence-corrected chi connectivity index (χ4v) is 2.84. The van der Waals surface area contributed by atoms with Gasteiger partial charge in [-0.25, -0.2) is 0 Å². The Morgan fingerprint density at radius 2 is 1.91 bits per heavy atom. The lowest BCUT2D eigenvalue weighted by Gasteiger charge is -2.34. The van der Waals surface area contributed by atoms with E-state index < -0.39 is 0 Å². The topological polar surface area (TPSA) is 68.2 Å². The number of nitrogens with zero attached hydrogens (tertiary/aromatic N) is 3. The average molecular weight is 337 g/mol. The SMILES string of the molecule is CC(C)CN(C)c1ccc(-c2nc(C3(N)CCC3)no2)cc1.Cl. The summed E-state index contributed by atoms with van der Waals surface area (Å²) in [7, 11) is 2.11. The number of rotatable bonds is 5. The van der Waals surface area contributed by atoms with Crippen LogP contribution >= 0.6 is 12.4 Å². The molecule has 0 aliphatic heterocycles. The number of nitrogens with two attached hydrogens (primary N) is 1. The summed E-state index contributed by atoms with van der Waals surface area (Å²) in [5, 5.41) is 4.06. The first-order chi connectivity index (χ1) is 10.5. The molecule has 0 atom stereocenters. The van der Waals surface area contributed by atoms with Crippen molar-refractivity contribution in [3.63, 3.8) is 0 Å². The summed E-state index contributed by atoms with van der Waals surface area (Å²) < 4.78 is 5.38. The maximum atomic E-state index is 6.23. The Morgan fingerprint density at radius 3 is 2.43 bits per heavy atom. The first kappa shape index (κ1) is 17.8. The second kappa shape index (κ2) is 6.89. The third-order valence-electron chi connectivity index (χ3n) is 4.31. The van der Waals surface area contributed by atoms with Crippen LogP contribution in [0.1, 0.15) is 38.9 Å². The first-order valence-corrected chi connectivity index (χ1v) is 7.92. The molecular formula is C17H25ClN4O. The highest BCUT2D eigenvalue weighted by atomic mass is 35.5. The maximum absolute atomic E-state index is 6.23. The summed E-state index contributed by atoms with van der Waals surface area (Å²) in [5.74, 6) is 1.81. The van der Waals surface area contributed by atoms with Gasteiger partial charge in [0.2, 0.25) is 0 Å². The van der Waals surface area contributed by atoms with Gasteiger partial charge in [-0.15, -0.1) is 12.4 Å². The minimum Gasteiger partial charge on any atom is -0.374 e. The predicted octanol–water partition coefficient (Wildman–Crippen LogP) is 3.59. The van der Waals surface area contributed by atoms with Crippen molar-refractivity contribution in [3.8, 4) is 11.5 Å². The van der Waals surface area contributed by atoms with E-state index in [-0.39, 0.29) is 17.9 Å². The summed E-state index contributed by atoms with van der Waals surface area (Å²) in [6.07, 6.45) is 3.01. The van der Waals surface area contributed by atoms with Crippen molar-refractivity contribution < 1.29 is 4.52 Å². The molecule has 1 aliphatic carbocycles. The van der Waals surface area contributed by atoms with E-state index in [1.165, 1.54) is 5.69 Å². The molecule has 1 aromatic carbocycles. The molecule has 0 saturated heterocycles. The van der Waals surface area contributed by atoms with Gasteiger partial charge in [0, 0.05) is 24.8 Å². The van der Waals surface area contributed by atoms with E-state index in [9.17, 15) is 0 Å². The Morgan fingerprint density at radius 1 is 1.26 bits per heavy atom. The number of aromatic nitrogens is 2. The minimum absolute atomic E-state index is 0. The molecule has 6 heteroatoms. The Kier molecular flexibility index (Phi) is 5.32. The fourth-order valence-electron chi connectivity index (χ4n) is 2.84. The molecule has 0 unspecified atom stereocenters. The van der Waals surface area contributed by atoms with Crippen LogP contribution in [0.2, 0.25) is 0 Å². The number of halogens is 1. The summed E-state index contributed by atoms with van der Waals surface area (Å²) in [5.41, 5.74) is 7.98. The fraction of sp³-hybridized carbons (Fsp3) is 0.529. The Bertz CT molecular complexity index is 634. The molecule has 2 aromatic rings. The zero-order valence-electron chi connectivity index (χ0n) is 14.0. The van der Waals surface area contributed by atoms with E-state index in [0.29, 0.717) is 17.6 Å². The standard InChI is InChI=1S/C17H24N4O.ClH/c1-12(2)11-21(3)14-7-5-13(6-8-14)15-19-16(20-22-15)17(18)9-4-10-17;/h5-8,12H,4,9-11,18H2,1-3H3;1H. The van der Waals surface area contributed by atoms with Crippen LogP contribution in [0, 0.1) is 5.92 Å². The van der Waals surface area contributed by atoms with Crippen LogP contribution in [0.15, 0.2) is 28.8 Å². The van der Waals surface area contributed by atoms with Crippen LogP contribution in [0.5, 0.6) is 0 Å². The second-order valence-corrected chi connectivity index (χ2v) is 6.75. The van der Waals surface area contributed by atoms with E-state index in [1.54, 1.807) is 0 Å². The van der Waals surface area contributed by atoms with Crippen molar-refractivity contribution in [1.82, 2.24) is 10.1 Å². The Balaban J connectivity index is 0.00000192. The van der Waals surface area contributed by atoms with Crippen molar-refractivity contribution in [2.24, 2.45) is 11.7 Å². The first-order valence-electron chi connectivity index (χ1n) is 7.92. The van der Waals surface area contributed by atoms with Crippen LogP contribution in [-0.4, -0.2) is 23.7 Å². The molecule has 1 fully saturated rings. The van der Waals surface area contributed by atoms with Crippen LogP contribution in [0.3, 0.4) is 0 Å². The van der Waals surface area contributed by atoms with Gasteiger partial charge < -0.3 is 15.2 Å². The van der Waals surface area contributed by atoms with Gasteiger partial charge in [0.1, 0.15) is 0 Å². The van der Waals surface area contributed by atoms with E-state index in [0.717, 1.165) is 31.4 Å². The normalized spacial score (nSPS) is 15.9. The summed E-state index contributed by atoms with van der Waals surface area (Å²) >= 11 is 0. The maximum Gasteiger partial charge on any atom is 0.257 e.